The summed E-state index contributed by atoms with van der Waals surface area (Å²) in [5.41, 5.74) is 2.86. The van der Waals surface area contributed by atoms with E-state index >= 15 is 0 Å². The number of carbonyl (C=O) groups excluding carboxylic acids is 3. The molecule has 1 aliphatic carbocycles. The molecule has 8 nitrogen and oxygen atoms in total. The van der Waals surface area contributed by atoms with Crippen molar-refractivity contribution in [3.8, 4) is 5.75 Å². The molecular weight excluding hydrogens is 570 g/mol. The number of carbonyl (C=O) groups is 3. The van der Waals surface area contributed by atoms with Crippen LogP contribution in [0.2, 0.25) is 25.7 Å². The van der Waals surface area contributed by atoms with E-state index in [9.17, 15) is 14.4 Å². The van der Waals surface area contributed by atoms with Gasteiger partial charge in [-0.1, -0.05) is 56.4 Å². The van der Waals surface area contributed by atoms with Gasteiger partial charge < -0.3 is 14.4 Å². The number of benzene rings is 2. The zero-order valence-corrected chi connectivity index (χ0v) is 27.7. The van der Waals surface area contributed by atoms with Crippen molar-refractivity contribution >= 4 is 25.8 Å². The van der Waals surface area contributed by atoms with E-state index in [1.807, 2.05) is 18.2 Å². The van der Waals surface area contributed by atoms with Gasteiger partial charge in [-0.25, -0.2) is 0 Å². The second kappa shape index (κ2) is 12.4. The van der Waals surface area contributed by atoms with E-state index in [-0.39, 0.29) is 42.5 Å². The summed E-state index contributed by atoms with van der Waals surface area (Å²) in [5, 5.41) is 0. The first-order valence-corrected chi connectivity index (χ1v) is 20.1. The lowest BCUT2D eigenvalue weighted by Crippen LogP contribution is -2.64. The van der Waals surface area contributed by atoms with E-state index < -0.39 is 14.1 Å². The van der Waals surface area contributed by atoms with E-state index in [1.165, 1.54) is 16.9 Å². The Morgan fingerprint density at radius 2 is 1.75 bits per heavy atom. The van der Waals surface area contributed by atoms with Crippen molar-refractivity contribution in [2.45, 2.75) is 101 Å². The third-order valence-corrected chi connectivity index (χ3v) is 11.9. The maximum Gasteiger partial charge on any atom is 0.255 e. The quantitative estimate of drug-likeness (QED) is 0.195. The standard InChI is InChI=1S/C35H47N3O5Si/c1-35(36-21-27(22-36)25-10-6-5-7-11-25)17-9-8-12-31(35)43-28-13-14-29-26(20-28)23-37(33(29)40)30-15-16-32(39)38(34(30)41)24-42-18-19-44(2,3)4/h5-7,10-11,13-14,20,27,30-31H,8-9,12,15-19,21-24H2,1-4H3/t30?,31-,35?/m0/s1. The van der Waals surface area contributed by atoms with Gasteiger partial charge >= 0.3 is 0 Å². The highest BCUT2D eigenvalue weighted by molar-refractivity contribution is 6.76. The van der Waals surface area contributed by atoms with Crippen LogP contribution in [0.25, 0.3) is 0 Å². The molecule has 2 aromatic carbocycles. The predicted molar refractivity (Wildman–Crippen MR) is 172 cm³/mol. The van der Waals surface area contributed by atoms with Crippen molar-refractivity contribution in [1.29, 1.82) is 0 Å². The topological polar surface area (TPSA) is 79.4 Å². The molecule has 1 saturated carbocycles. The molecule has 2 unspecified atom stereocenters. The van der Waals surface area contributed by atoms with Crippen LogP contribution in [0.15, 0.2) is 48.5 Å². The zero-order chi connectivity index (χ0) is 31.1. The number of fused-ring (bicyclic) bond motifs is 1. The first-order chi connectivity index (χ1) is 21.0. The van der Waals surface area contributed by atoms with Crippen molar-refractivity contribution in [2.24, 2.45) is 0 Å². The maximum atomic E-state index is 13.5. The van der Waals surface area contributed by atoms with Gasteiger partial charge in [-0.05, 0) is 68.0 Å². The van der Waals surface area contributed by atoms with E-state index in [0.717, 1.165) is 49.7 Å². The number of hydrogen-bond donors (Lipinski definition) is 0. The van der Waals surface area contributed by atoms with Crippen LogP contribution in [-0.4, -0.2) is 84.6 Å². The Balaban J connectivity index is 1.10. The van der Waals surface area contributed by atoms with Crippen LogP contribution in [0, 0.1) is 0 Å². The summed E-state index contributed by atoms with van der Waals surface area (Å²) in [6, 6.07) is 16.8. The molecule has 3 atom stereocenters. The smallest absolute Gasteiger partial charge is 0.255 e. The number of imide groups is 1. The molecule has 3 aliphatic heterocycles. The largest absolute Gasteiger partial charge is 0.489 e. The monoisotopic (exact) mass is 617 g/mol. The fourth-order valence-electron chi connectivity index (χ4n) is 7.25. The fourth-order valence-corrected chi connectivity index (χ4v) is 8.01. The van der Waals surface area contributed by atoms with Crippen molar-refractivity contribution in [2.75, 3.05) is 26.4 Å². The lowest BCUT2D eigenvalue weighted by atomic mass is 9.75. The summed E-state index contributed by atoms with van der Waals surface area (Å²) >= 11 is 0. The van der Waals surface area contributed by atoms with Crippen LogP contribution in [0.1, 0.15) is 72.9 Å². The number of piperidine rings is 1. The summed E-state index contributed by atoms with van der Waals surface area (Å²) in [7, 11) is -1.28. The molecule has 0 radical (unpaired) electrons. The molecule has 0 aromatic heterocycles. The van der Waals surface area contributed by atoms with Crippen molar-refractivity contribution < 1.29 is 23.9 Å². The van der Waals surface area contributed by atoms with Gasteiger partial charge in [0.05, 0.1) is 5.54 Å². The average molecular weight is 618 g/mol. The maximum absolute atomic E-state index is 13.5. The Labute approximate surface area is 262 Å². The van der Waals surface area contributed by atoms with Crippen LogP contribution < -0.4 is 4.74 Å². The molecule has 3 amide bonds. The van der Waals surface area contributed by atoms with Crippen LogP contribution in [0.3, 0.4) is 0 Å². The summed E-state index contributed by atoms with van der Waals surface area (Å²) in [6.45, 7) is 12.1. The highest BCUT2D eigenvalue weighted by Crippen LogP contribution is 2.42. The van der Waals surface area contributed by atoms with Crippen molar-refractivity contribution in [3.05, 3.63) is 65.2 Å². The van der Waals surface area contributed by atoms with Crippen LogP contribution in [-0.2, 0) is 20.9 Å². The zero-order valence-electron chi connectivity index (χ0n) is 26.7. The number of rotatable bonds is 10. The lowest BCUT2D eigenvalue weighted by molar-refractivity contribution is -0.158. The Bertz CT molecular complexity index is 1390. The number of likely N-dealkylation sites (tertiary alicyclic amines) is 2. The summed E-state index contributed by atoms with van der Waals surface area (Å²) in [6.07, 6.45) is 5.10. The van der Waals surface area contributed by atoms with Gasteiger partial charge in [0, 0.05) is 52.2 Å². The molecule has 4 aliphatic rings. The van der Waals surface area contributed by atoms with Gasteiger partial charge in [-0.2, -0.15) is 0 Å². The molecule has 3 fully saturated rings. The minimum Gasteiger partial charge on any atom is -0.489 e. The molecule has 0 bridgehead atoms. The van der Waals surface area contributed by atoms with Crippen LogP contribution in [0.5, 0.6) is 5.75 Å². The Morgan fingerprint density at radius 1 is 0.977 bits per heavy atom. The first-order valence-electron chi connectivity index (χ1n) is 16.4. The third-order valence-electron chi connectivity index (χ3n) is 10.2. The first kappa shape index (κ1) is 31.0. The lowest BCUT2D eigenvalue weighted by Gasteiger charge is -2.55. The number of amides is 3. The molecule has 2 aromatic rings. The minimum absolute atomic E-state index is 0.0357. The van der Waals surface area contributed by atoms with E-state index in [2.05, 4.69) is 61.8 Å². The second-order valence-electron chi connectivity index (χ2n) is 14.5. The van der Waals surface area contributed by atoms with Crippen molar-refractivity contribution in [3.63, 3.8) is 0 Å². The van der Waals surface area contributed by atoms with E-state index in [0.29, 0.717) is 31.1 Å². The number of nitrogens with zero attached hydrogens (tertiary/aromatic N) is 3. The summed E-state index contributed by atoms with van der Waals surface area (Å²) in [5.74, 6) is 0.617. The Kier molecular flexibility index (Phi) is 8.74. The molecule has 0 N–H and O–H groups in total. The molecule has 2 saturated heterocycles. The van der Waals surface area contributed by atoms with Crippen LogP contribution in [0.4, 0.5) is 0 Å². The molecule has 9 heteroatoms. The number of ether oxygens (including phenoxy) is 2. The van der Waals surface area contributed by atoms with Gasteiger partial charge in [0.1, 0.15) is 24.6 Å². The molecule has 236 valence electrons. The highest BCUT2D eigenvalue weighted by Gasteiger charge is 2.48. The fraction of sp³-hybridized carbons (Fsp3) is 0.571. The van der Waals surface area contributed by atoms with Crippen LogP contribution >= 0.6 is 0 Å². The van der Waals surface area contributed by atoms with E-state index in [4.69, 9.17) is 9.47 Å². The molecular formula is C35H47N3O5Si. The molecule has 0 spiro atoms. The summed E-state index contributed by atoms with van der Waals surface area (Å²) < 4.78 is 12.5. The Hall–Kier alpha value is -3.01. The van der Waals surface area contributed by atoms with Gasteiger partial charge in [0.2, 0.25) is 5.91 Å². The van der Waals surface area contributed by atoms with Gasteiger partial charge in [0.15, 0.2) is 0 Å². The van der Waals surface area contributed by atoms with Gasteiger partial charge in [-0.3, -0.25) is 24.2 Å². The Morgan fingerprint density at radius 3 is 2.50 bits per heavy atom. The molecule has 44 heavy (non-hydrogen) atoms. The number of hydrogen-bond acceptors (Lipinski definition) is 6. The normalized spacial score (nSPS) is 26.6. The third kappa shape index (κ3) is 6.24. The molecule has 3 heterocycles. The minimum atomic E-state index is -1.28. The SMILES string of the molecule is CC1(N2CC(c3ccccc3)C2)CCCC[C@@H]1Oc1ccc2c(c1)CN(C1CCC(=O)N(COCC[Si](C)(C)C)C1=O)C2=O. The second-order valence-corrected chi connectivity index (χ2v) is 20.2. The average Bonchev–Trinajstić information content (AvgIpc) is 3.28. The molecule has 6 rings (SSSR count). The summed E-state index contributed by atoms with van der Waals surface area (Å²) in [4.78, 5) is 45.0. The van der Waals surface area contributed by atoms with Gasteiger partial charge in [0.25, 0.3) is 11.8 Å². The predicted octanol–water partition coefficient (Wildman–Crippen LogP) is 5.65. The van der Waals surface area contributed by atoms with Gasteiger partial charge in [-0.15, -0.1) is 0 Å². The highest BCUT2D eigenvalue weighted by atomic mass is 28.3. The van der Waals surface area contributed by atoms with E-state index in [1.54, 1.807) is 4.90 Å². The van der Waals surface area contributed by atoms with Crippen molar-refractivity contribution in [1.82, 2.24) is 14.7 Å².